The van der Waals surface area contributed by atoms with Crippen molar-refractivity contribution in [3.63, 3.8) is 0 Å². The number of aromatic nitrogens is 2. The zero-order valence-electron chi connectivity index (χ0n) is 9.04. The average Bonchev–Trinajstić information content (AvgIpc) is 2.31. The lowest BCUT2D eigenvalue weighted by Gasteiger charge is -2.06. The van der Waals surface area contributed by atoms with Gasteiger partial charge in [0.2, 0.25) is 0 Å². The van der Waals surface area contributed by atoms with E-state index in [0.29, 0.717) is 26.6 Å². The second-order valence-corrected chi connectivity index (χ2v) is 4.63. The van der Waals surface area contributed by atoms with Gasteiger partial charge < -0.3 is 0 Å². The number of halogens is 3. The Morgan fingerprint density at radius 3 is 2.59 bits per heavy atom. The maximum atomic E-state index is 6.12. The van der Waals surface area contributed by atoms with E-state index in [1.807, 2.05) is 13.0 Å². The number of benzene rings is 1. The Labute approximate surface area is 115 Å². The van der Waals surface area contributed by atoms with Crippen LogP contribution in [0.1, 0.15) is 12.6 Å². The lowest BCUT2D eigenvalue weighted by molar-refractivity contribution is 1.01. The molecule has 1 heterocycles. The Kier molecular flexibility index (Phi) is 3.87. The van der Waals surface area contributed by atoms with Gasteiger partial charge in [0.25, 0.3) is 0 Å². The first kappa shape index (κ1) is 12.6. The van der Waals surface area contributed by atoms with Gasteiger partial charge in [0, 0.05) is 11.3 Å². The molecule has 0 amide bonds. The van der Waals surface area contributed by atoms with Gasteiger partial charge in [-0.25, -0.2) is 9.97 Å². The number of hydrogen-bond donors (Lipinski definition) is 0. The molecule has 5 heteroatoms. The molecule has 0 aliphatic rings. The Bertz CT molecular complexity index is 555. The minimum atomic E-state index is 0.405. The first-order chi connectivity index (χ1) is 8.11. The van der Waals surface area contributed by atoms with E-state index in [4.69, 9.17) is 34.8 Å². The zero-order chi connectivity index (χ0) is 12.4. The number of nitrogens with zero attached hydrogens (tertiary/aromatic N) is 2. The molecular formula is C12H9Cl3N2. The van der Waals surface area contributed by atoms with Gasteiger partial charge in [0.15, 0.2) is 5.82 Å². The second kappa shape index (κ2) is 5.21. The highest BCUT2D eigenvalue weighted by atomic mass is 35.5. The van der Waals surface area contributed by atoms with Gasteiger partial charge in [0.1, 0.15) is 5.15 Å². The van der Waals surface area contributed by atoms with Crippen LogP contribution in [0.2, 0.25) is 15.2 Å². The summed E-state index contributed by atoms with van der Waals surface area (Å²) < 4.78 is 0. The smallest absolute Gasteiger partial charge is 0.162 e. The minimum absolute atomic E-state index is 0.405. The standard InChI is InChI=1S/C12H9Cl3N2/c1-2-7-6-10(14)17-12(16-7)8-4-3-5-9(13)11(8)15/h3-6H,2H2,1H3. The Morgan fingerprint density at radius 1 is 1.12 bits per heavy atom. The predicted molar refractivity (Wildman–Crippen MR) is 71.9 cm³/mol. The largest absolute Gasteiger partial charge is 0.233 e. The van der Waals surface area contributed by atoms with Crippen LogP contribution in [0.3, 0.4) is 0 Å². The summed E-state index contributed by atoms with van der Waals surface area (Å²) in [5.74, 6) is 0.502. The van der Waals surface area contributed by atoms with Crippen LogP contribution in [-0.4, -0.2) is 9.97 Å². The van der Waals surface area contributed by atoms with Crippen molar-refractivity contribution in [2.75, 3.05) is 0 Å². The molecule has 2 rings (SSSR count). The minimum Gasteiger partial charge on any atom is -0.233 e. The van der Waals surface area contributed by atoms with Crippen molar-refractivity contribution < 1.29 is 0 Å². The van der Waals surface area contributed by atoms with Crippen molar-refractivity contribution in [3.8, 4) is 11.4 Å². The van der Waals surface area contributed by atoms with E-state index in [9.17, 15) is 0 Å². The highest BCUT2D eigenvalue weighted by Gasteiger charge is 2.11. The fourth-order valence-electron chi connectivity index (χ4n) is 1.44. The first-order valence-electron chi connectivity index (χ1n) is 5.09. The van der Waals surface area contributed by atoms with E-state index in [0.717, 1.165) is 12.1 Å². The van der Waals surface area contributed by atoms with Crippen molar-refractivity contribution in [1.82, 2.24) is 9.97 Å². The maximum Gasteiger partial charge on any atom is 0.162 e. The van der Waals surface area contributed by atoms with E-state index in [1.165, 1.54) is 0 Å². The highest BCUT2D eigenvalue weighted by molar-refractivity contribution is 6.43. The average molecular weight is 288 g/mol. The van der Waals surface area contributed by atoms with E-state index in [-0.39, 0.29) is 0 Å². The molecule has 0 unspecified atom stereocenters. The van der Waals surface area contributed by atoms with Crippen LogP contribution in [0.25, 0.3) is 11.4 Å². The molecule has 1 aromatic carbocycles. The fraction of sp³-hybridized carbons (Fsp3) is 0.167. The number of aryl methyl sites for hydroxylation is 1. The van der Waals surface area contributed by atoms with Gasteiger partial charge in [-0.3, -0.25) is 0 Å². The molecular weight excluding hydrogens is 279 g/mol. The second-order valence-electron chi connectivity index (χ2n) is 3.46. The Morgan fingerprint density at radius 2 is 1.88 bits per heavy atom. The van der Waals surface area contributed by atoms with Gasteiger partial charge in [-0.05, 0) is 24.6 Å². The van der Waals surface area contributed by atoms with E-state index >= 15 is 0 Å². The molecule has 0 atom stereocenters. The van der Waals surface area contributed by atoms with Crippen LogP contribution in [0.15, 0.2) is 24.3 Å². The molecule has 17 heavy (non-hydrogen) atoms. The lowest BCUT2D eigenvalue weighted by atomic mass is 10.2. The van der Waals surface area contributed by atoms with Gasteiger partial charge in [-0.2, -0.15) is 0 Å². The van der Waals surface area contributed by atoms with Crippen LogP contribution >= 0.6 is 34.8 Å². The lowest BCUT2D eigenvalue weighted by Crippen LogP contribution is -1.95. The molecule has 0 aliphatic heterocycles. The van der Waals surface area contributed by atoms with Crippen molar-refractivity contribution in [2.45, 2.75) is 13.3 Å². The molecule has 0 saturated heterocycles. The molecule has 0 N–H and O–H groups in total. The van der Waals surface area contributed by atoms with E-state index < -0.39 is 0 Å². The fourth-order valence-corrected chi connectivity index (χ4v) is 2.03. The van der Waals surface area contributed by atoms with Crippen LogP contribution in [0.5, 0.6) is 0 Å². The third-order valence-electron chi connectivity index (χ3n) is 2.30. The Balaban J connectivity index is 2.60. The van der Waals surface area contributed by atoms with Crippen molar-refractivity contribution >= 4 is 34.8 Å². The quantitative estimate of drug-likeness (QED) is 0.750. The third-order valence-corrected chi connectivity index (χ3v) is 3.32. The van der Waals surface area contributed by atoms with Crippen molar-refractivity contribution in [1.29, 1.82) is 0 Å². The zero-order valence-corrected chi connectivity index (χ0v) is 11.3. The molecule has 0 saturated carbocycles. The SMILES string of the molecule is CCc1cc(Cl)nc(-c2cccc(Cl)c2Cl)n1. The molecule has 1 aromatic heterocycles. The molecule has 2 nitrogen and oxygen atoms in total. The molecule has 0 radical (unpaired) electrons. The Hall–Kier alpha value is -0.830. The number of rotatable bonds is 2. The summed E-state index contributed by atoms with van der Waals surface area (Å²) in [6.07, 6.45) is 0.785. The summed E-state index contributed by atoms with van der Waals surface area (Å²) >= 11 is 18.0. The molecule has 88 valence electrons. The summed E-state index contributed by atoms with van der Waals surface area (Å²) in [5, 5.41) is 1.33. The molecule has 0 spiro atoms. The highest BCUT2D eigenvalue weighted by Crippen LogP contribution is 2.32. The van der Waals surface area contributed by atoms with Gasteiger partial charge in [0.05, 0.1) is 10.0 Å². The summed E-state index contributed by atoms with van der Waals surface area (Å²) in [7, 11) is 0. The maximum absolute atomic E-state index is 6.12. The summed E-state index contributed by atoms with van der Waals surface area (Å²) in [6.45, 7) is 2.00. The van der Waals surface area contributed by atoms with Crippen LogP contribution in [0.4, 0.5) is 0 Å². The van der Waals surface area contributed by atoms with Crippen LogP contribution in [0, 0.1) is 0 Å². The topological polar surface area (TPSA) is 25.8 Å². The first-order valence-corrected chi connectivity index (χ1v) is 6.23. The molecule has 0 fully saturated rings. The number of hydrogen-bond acceptors (Lipinski definition) is 2. The summed E-state index contributed by atoms with van der Waals surface area (Å²) in [6, 6.07) is 7.08. The van der Waals surface area contributed by atoms with Crippen molar-refractivity contribution in [2.24, 2.45) is 0 Å². The molecule has 0 bridgehead atoms. The van der Waals surface area contributed by atoms with Gasteiger partial charge in [-0.15, -0.1) is 0 Å². The molecule has 0 aliphatic carbocycles. The summed E-state index contributed by atoms with van der Waals surface area (Å²) in [4.78, 5) is 8.55. The van der Waals surface area contributed by atoms with Crippen LogP contribution < -0.4 is 0 Å². The monoisotopic (exact) mass is 286 g/mol. The van der Waals surface area contributed by atoms with Gasteiger partial charge >= 0.3 is 0 Å². The summed E-state index contributed by atoms with van der Waals surface area (Å²) in [5.41, 5.74) is 1.56. The predicted octanol–water partition coefficient (Wildman–Crippen LogP) is 4.67. The van der Waals surface area contributed by atoms with Gasteiger partial charge in [-0.1, -0.05) is 47.8 Å². The van der Waals surface area contributed by atoms with Crippen molar-refractivity contribution in [3.05, 3.63) is 45.2 Å². The third kappa shape index (κ3) is 2.71. The molecule has 2 aromatic rings. The van der Waals surface area contributed by atoms with E-state index in [1.54, 1.807) is 18.2 Å². The van der Waals surface area contributed by atoms with E-state index in [2.05, 4.69) is 9.97 Å². The normalized spacial score (nSPS) is 10.6. The van der Waals surface area contributed by atoms with Crippen LogP contribution in [-0.2, 0) is 6.42 Å².